The van der Waals surface area contributed by atoms with E-state index in [-0.39, 0.29) is 0 Å². The summed E-state index contributed by atoms with van der Waals surface area (Å²) in [7, 11) is 0. The average Bonchev–Trinajstić information content (AvgIpc) is 3.21. The summed E-state index contributed by atoms with van der Waals surface area (Å²) in [6.07, 6.45) is 0. The molecule has 0 aliphatic heterocycles. The molecule has 10 aromatic rings. The number of nitrogens with zero attached hydrogens (tertiary/aromatic N) is 1. The van der Waals surface area contributed by atoms with Crippen LogP contribution in [0.15, 0.2) is 200 Å². The van der Waals surface area contributed by atoms with Crippen LogP contribution in [0.5, 0.6) is 0 Å². The summed E-state index contributed by atoms with van der Waals surface area (Å²) in [5.74, 6) is 0. The maximum absolute atomic E-state index is 2.42. The first kappa shape index (κ1) is 29.2. The van der Waals surface area contributed by atoms with Gasteiger partial charge in [-0.05, 0) is 107 Å². The van der Waals surface area contributed by atoms with Gasteiger partial charge in [0.15, 0.2) is 0 Å². The van der Waals surface area contributed by atoms with Crippen molar-refractivity contribution in [2.24, 2.45) is 0 Å². The van der Waals surface area contributed by atoms with E-state index in [1.807, 2.05) is 0 Å². The van der Waals surface area contributed by atoms with E-state index in [0.717, 1.165) is 17.1 Å². The summed E-state index contributed by atoms with van der Waals surface area (Å²) in [6, 6.07) is 73.1. The smallest absolute Gasteiger partial charge is 0.0540 e. The third-order valence-electron chi connectivity index (χ3n) is 10.4. The van der Waals surface area contributed by atoms with Crippen molar-refractivity contribution in [3.05, 3.63) is 200 Å². The molecular formula is C50H33N. The molecule has 0 heterocycles. The third kappa shape index (κ3) is 4.94. The largest absolute Gasteiger partial charge is 0.310 e. The van der Waals surface area contributed by atoms with E-state index in [4.69, 9.17) is 0 Å². The number of anilines is 3. The van der Waals surface area contributed by atoms with E-state index in [2.05, 4.69) is 205 Å². The number of rotatable bonds is 5. The molecule has 0 bridgehead atoms. The molecule has 0 aliphatic carbocycles. The second-order valence-electron chi connectivity index (χ2n) is 13.3. The van der Waals surface area contributed by atoms with E-state index in [1.165, 1.54) is 76.1 Å². The Balaban J connectivity index is 1.20. The minimum Gasteiger partial charge on any atom is -0.310 e. The molecule has 0 fully saturated rings. The van der Waals surface area contributed by atoms with Crippen LogP contribution in [-0.2, 0) is 0 Å². The van der Waals surface area contributed by atoms with Crippen LogP contribution in [0.1, 0.15) is 0 Å². The Kier molecular flexibility index (Phi) is 6.89. The van der Waals surface area contributed by atoms with Crippen molar-refractivity contribution in [3.63, 3.8) is 0 Å². The van der Waals surface area contributed by atoms with Gasteiger partial charge in [-0.25, -0.2) is 0 Å². The first-order valence-electron chi connectivity index (χ1n) is 17.6. The first-order valence-corrected chi connectivity index (χ1v) is 17.6. The molecule has 0 atom stereocenters. The fourth-order valence-electron chi connectivity index (χ4n) is 7.99. The van der Waals surface area contributed by atoms with Gasteiger partial charge in [-0.15, -0.1) is 0 Å². The zero-order valence-corrected chi connectivity index (χ0v) is 28.0. The molecule has 1 nitrogen and oxygen atoms in total. The Bertz CT molecular complexity index is 2900. The van der Waals surface area contributed by atoms with Crippen LogP contribution in [0.25, 0.3) is 76.1 Å². The molecule has 0 unspecified atom stereocenters. The Morgan fingerprint density at radius 2 is 0.824 bits per heavy atom. The topological polar surface area (TPSA) is 3.24 Å². The summed E-state index contributed by atoms with van der Waals surface area (Å²) in [6.45, 7) is 0. The van der Waals surface area contributed by atoms with E-state index < -0.39 is 0 Å². The molecule has 10 aromatic carbocycles. The van der Waals surface area contributed by atoms with Crippen LogP contribution >= 0.6 is 0 Å². The molecular weight excluding hydrogens is 615 g/mol. The molecule has 1 heteroatoms. The van der Waals surface area contributed by atoms with Gasteiger partial charge in [0, 0.05) is 16.9 Å². The Hall–Kier alpha value is -6.70. The SMILES string of the molecule is c1ccc(-c2ccccc2N(c2ccc(-c3cc4ccccc4c4ccccc34)cc2)c2ccc3ccc4ccc5ccccc5c4c3c2)cc1. The van der Waals surface area contributed by atoms with Gasteiger partial charge in [0.1, 0.15) is 0 Å². The van der Waals surface area contributed by atoms with E-state index in [0.29, 0.717) is 0 Å². The van der Waals surface area contributed by atoms with Gasteiger partial charge in [-0.1, -0.05) is 164 Å². The minimum absolute atomic E-state index is 1.11. The van der Waals surface area contributed by atoms with E-state index >= 15 is 0 Å². The Labute approximate surface area is 297 Å². The molecule has 51 heavy (non-hydrogen) atoms. The van der Waals surface area contributed by atoms with E-state index in [1.54, 1.807) is 0 Å². The highest BCUT2D eigenvalue weighted by atomic mass is 15.1. The summed E-state index contributed by atoms with van der Waals surface area (Å²) >= 11 is 0. The molecule has 0 aromatic heterocycles. The van der Waals surface area contributed by atoms with Crippen LogP contribution in [0.4, 0.5) is 17.1 Å². The van der Waals surface area contributed by atoms with Crippen molar-refractivity contribution in [1.29, 1.82) is 0 Å². The van der Waals surface area contributed by atoms with Crippen molar-refractivity contribution < 1.29 is 0 Å². The van der Waals surface area contributed by atoms with Crippen molar-refractivity contribution in [2.45, 2.75) is 0 Å². The van der Waals surface area contributed by atoms with Gasteiger partial charge in [-0.3, -0.25) is 0 Å². The monoisotopic (exact) mass is 647 g/mol. The highest BCUT2D eigenvalue weighted by Gasteiger charge is 2.19. The first-order chi connectivity index (χ1) is 25.3. The molecule has 0 aliphatic rings. The standard InChI is InChI=1S/C50H33N/c1-2-12-34(13-3-1)43-17-10-11-21-49(43)51(41-31-28-37-23-25-38-24-22-35-14-4-7-18-44(35)50(38)48(37)33-41)40-29-26-36(27-30-40)47-32-39-15-5-6-16-42(39)45-19-8-9-20-46(45)47/h1-33H. The van der Waals surface area contributed by atoms with Gasteiger partial charge in [-0.2, -0.15) is 0 Å². The lowest BCUT2D eigenvalue weighted by atomic mass is 9.93. The lowest BCUT2D eigenvalue weighted by molar-refractivity contribution is 1.29. The van der Waals surface area contributed by atoms with Gasteiger partial charge in [0.05, 0.1) is 5.69 Å². The molecule has 238 valence electrons. The van der Waals surface area contributed by atoms with Crippen molar-refractivity contribution in [1.82, 2.24) is 0 Å². The van der Waals surface area contributed by atoms with Crippen molar-refractivity contribution >= 4 is 70.9 Å². The number of hydrogen-bond acceptors (Lipinski definition) is 1. The predicted molar refractivity (Wildman–Crippen MR) is 220 cm³/mol. The molecule has 0 radical (unpaired) electrons. The van der Waals surface area contributed by atoms with Crippen LogP contribution < -0.4 is 4.90 Å². The fourth-order valence-corrected chi connectivity index (χ4v) is 7.99. The Morgan fingerprint density at radius 3 is 1.63 bits per heavy atom. The maximum atomic E-state index is 2.42. The summed E-state index contributed by atoms with van der Waals surface area (Å²) < 4.78 is 0. The van der Waals surface area contributed by atoms with Crippen LogP contribution in [0, 0.1) is 0 Å². The zero-order chi connectivity index (χ0) is 33.7. The Morgan fingerprint density at radius 1 is 0.275 bits per heavy atom. The second kappa shape index (κ2) is 12.0. The number of benzene rings is 10. The highest BCUT2D eigenvalue weighted by molar-refractivity contribution is 6.21. The molecule has 0 saturated heterocycles. The van der Waals surface area contributed by atoms with Crippen LogP contribution in [0.2, 0.25) is 0 Å². The zero-order valence-electron chi connectivity index (χ0n) is 28.0. The minimum atomic E-state index is 1.11. The molecule has 0 spiro atoms. The van der Waals surface area contributed by atoms with Gasteiger partial charge in [0.2, 0.25) is 0 Å². The number of hydrogen-bond donors (Lipinski definition) is 0. The van der Waals surface area contributed by atoms with Crippen molar-refractivity contribution in [3.8, 4) is 22.3 Å². The average molecular weight is 648 g/mol. The summed E-state index contributed by atoms with van der Waals surface area (Å²) in [4.78, 5) is 2.42. The maximum Gasteiger partial charge on any atom is 0.0540 e. The van der Waals surface area contributed by atoms with Crippen molar-refractivity contribution in [2.75, 3.05) is 4.90 Å². The summed E-state index contributed by atoms with van der Waals surface area (Å²) in [5, 5.41) is 12.7. The predicted octanol–water partition coefficient (Wildman–Crippen LogP) is 14.3. The summed E-state index contributed by atoms with van der Waals surface area (Å²) in [5.41, 5.74) is 8.19. The second-order valence-corrected chi connectivity index (χ2v) is 13.3. The molecule has 0 saturated carbocycles. The molecule has 10 rings (SSSR count). The quantitative estimate of drug-likeness (QED) is 0.168. The van der Waals surface area contributed by atoms with E-state index in [9.17, 15) is 0 Å². The lowest BCUT2D eigenvalue weighted by Crippen LogP contribution is -2.11. The van der Waals surface area contributed by atoms with Crippen LogP contribution in [0.3, 0.4) is 0 Å². The number of fused-ring (bicyclic) bond motifs is 8. The molecule has 0 amide bonds. The number of para-hydroxylation sites is 1. The normalized spacial score (nSPS) is 11.5. The van der Waals surface area contributed by atoms with Gasteiger partial charge >= 0.3 is 0 Å². The highest BCUT2D eigenvalue weighted by Crippen LogP contribution is 2.44. The third-order valence-corrected chi connectivity index (χ3v) is 10.4. The van der Waals surface area contributed by atoms with Crippen LogP contribution in [-0.4, -0.2) is 0 Å². The van der Waals surface area contributed by atoms with Gasteiger partial charge in [0.25, 0.3) is 0 Å². The van der Waals surface area contributed by atoms with Gasteiger partial charge < -0.3 is 4.90 Å². The fraction of sp³-hybridized carbons (Fsp3) is 0. The lowest BCUT2D eigenvalue weighted by Gasteiger charge is -2.28. The molecule has 0 N–H and O–H groups in total.